The van der Waals surface area contributed by atoms with Crippen molar-refractivity contribution in [2.24, 2.45) is 0 Å². The molecule has 0 radical (unpaired) electrons. The average Bonchev–Trinajstić information content (AvgIpc) is 2.26. The Hall–Kier alpha value is -1.78. The number of aldehydes is 2. The standard InChI is InChI=1S/C14H24N2O3/c1-12(16(8-10-17)9-11-18)6-7-15-13(2)19-14(3,4)5/h10-11,15H,1-2,6-9H2,3-5H3. The van der Waals surface area contributed by atoms with Crippen molar-refractivity contribution < 1.29 is 14.3 Å². The van der Waals surface area contributed by atoms with Gasteiger partial charge in [-0.15, -0.1) is 0 Å². The number of carbonyl (C=O) groups is 2. The first-order chi connectivity index (χ1) is 8.80. The van der Waals surface area contributed by atoms with Gasteiger partial charge in [0, 0.05) is 18.7 Å². The van der Waals surface area contributed by atoms with Crippen LogP contribution < -0.4 is 5.32 Å². The van der Waals surface area contributed by atoms with E-state index < -0.39 is 0 Å². The van der Waals surface area contributed by atoms with Gasteiger partial charge in [0.25, 0.3) is 0 Å². The maximum Gasteiger partial charge on any atom is 0.179 e. The third kappa shape index (κ3) is 8.88. The first-order valence-electron chi connectivity index (χ1n) is 6.22. The van der Waals surface area contributed by atoms with Crippen molar-refractivity contribution in [3.63, 3.8) is 0 Å². The molecule has 0 spiro atoms. The fourth-order valence-electron chi connectivity index (χ4n) is 1.42. The Morgan fingerprint density at radius 1 is 1.21 bits per heavy atom. The van der Waals surface area contributed by atoms with Gasteiger partial charge < -0.3 is 24.5 Å². The maximum absolute atomic E-state index is 10.5. The van der Waals surface area contributed by atoms with Crippen LogP contribution in [0.5, 0.6) is 0 Å². The summed E-state index contributed by atoms with van der Waals surface area (Å²) in [6, 6.07) is 0. The first kappa shape index (κ1) is 17.2. The molecule has 0 aliphatic carbocycles. The molecule has 0 aromatic carbocycles. The molecule has 0 heterocycles. The lowest BCUT2D eigenvalue weighted by atomic mass is 10.2. The number of hydrogen-bond acceptors (Lipinski definition) is 5. The third-order valence-corrected chi connectivity index (χ3v) is 2.20. The van der Waals surface area contributed by atoms with Gasteiger partial charge in [0.05, 0.1) is 13.1 Å². The number of rotatable bonds is 10. The molecule has 0 aromatic heterocycles. The van der Waals surface area contributed by atoms with Crippen LogP contribution >= 0.6 is 0 Å². The van der Waals surface area contributed by atoms with E-state index in [1.54, 1.807) is 4.90 Å². The highest BCUT2D eigenvalue weighted by Crippen LogP contribution is 2.11. The van der Waals surface area contributed by atoms with Gasteiger partial charge in [0.15, 0.2) is 5.88 Å². The Kier molecular flexibility index (Phi) is 7.56. The maximum atomic E-state index is 10.5. The number of ether oxygens (including phenoxy) is 1. The number of nitrogens with zero attached hydrogens (tertiary/aromatic N) is 1. The van der Waals surface area contributed by atoms with Gasteiger partial charge in [-0.25, -0.2) is 0 Å². The molecule has 0 saturated carbocycles. The number of nitrogens with one attached hydrogen (secondary N) is 1. The Labute approximate surface area is 115 Å². The lowest BCUT2D eigenvalue weighted by Crippen LogP contribution is -2.30. The van der Waals surface area contributed by atoms with Gasteiger partial charge >= 0.3 is 0 Å². The van der Waals surface area contributed by atoms with Crippen molar-refractivity contribution in [3.05, 3.63) is 24.7 Å². The van der Waals surface area contributed by atoms with Crippen LogP contribution in [0.3, 0.4) is 0 Å². The van der Waals surface area contributed by atoms with Gasteiger partial charge in [0.1, 0.15) is 18.2 Å². The Morgan fingerprint density at radius 3 is 2.16 bits per heavy atom. The molecule has 5 heteroatoms. The molecule has 0 saturated heterocycles. The number of carbonyl (C=O) groups excluding carboxylic acids is 2. The van der Waals surface area contributed by atoms with Crippen LogP contribution in [0.1, 0.15) is 27.2 Å². The van der Waals surface area contributed by atoms with Crippen molar-refractivity contribution in [3.8, 4) is 0 Å². The summed E-state index contributed by atoms with van der Waals surface area (Å²) in [5.41, 5.74) is 0.442. The minimum atomic E-state index is -0.290. The summed E-state index contributed by atoms with van der Waals surface area (Å²) in [6.45, 7) is 14.4. The molecule has 19 heavy (non-hydrogen) atoms. The summed E-state index contributed by atoms with van der Waals surface area (Å²) in [5.74, 6) is 0.498. The van der Waals surface area contributed by atoms with Crippen molar-refractivity contribution >= 4 is 12.6 Å². The van der Waals surface area contributed by atoms with Crippen LogP contribution in [0.2, 0.25) is 0 Å². The summed E-state index contributed by atoms with van der Waals surface area (Å²) < 4.78 is 5.51. The van der Waals surface area contributed by atoms with E-state index in [-0.39, 0.29) is 18.7 Å². The molecule has 0 unspecified atom stereocenters. The number of hydrogen-bond donors (Lipinski definition) is 1. The SMILES string of the molecule is C=C(NCCC(=C)N(CC=O)CC=O)OC(C)(C)C. The molecule has 0 atom stereocenters. The van der Waals surface area contributed by atoms with Crippen LogP contribution in [0, 0.1) is 0 Å². The molecule has 0 aromatic rings. The van der Waals surface area contributed by atoms with Gasteiger partial charge in [-0.3, -0.25) is 0 Å². The lowest BCUT2D eigenvalue weighted by Gasteiger charge is -2.25. The van der Waals surface area contributed by atoms with E-state index in [1.807, 2.05) is 20.8 Å². The predicted octanol–water partition coefficient (Wildman–Crippen LogP) is 1.47. The van der Waals surface area contributed by atoms with E-state index in [1.165, 1.54) is 0 Å². The smallest absolute Gasteiger partial charge is 0.179 e. The van der Waals surface area contributed by atoms with Crippen LogP contribution in [0.15, 0.2) is 24.7 Å². The molecule has 0 amide bonds. The summed E-state index contributed by atoms with van der Waals surface area (Å²) in [5, 5.41) is 3.03. The molecule has 0 bridgehead atoms. The van der Waals surface area contributed by atoms with Gasteiger partial charge in [-0.05, 0) is 27.4 Å². The molecule has 0 aliphatic rings. The Balaban J connectivity index is 4.04. The summed E-state index contributed by atoms with van der Waals surface area (Å²) >= 11 is 0. The van der Waals surface area contributed by atoms with E-state index in [2.05, 4.69) is 18.5 Å². The fraction of sp³-hybridized carbons (Fsp3) is 0.571. The van der Waals surface area contributed by atoms with Gasteiger partial charge in [-0.1, -0.05) is 6.58 Å². The molecule has 5 nitrogen and oxygen atoms in total. The van der Waals surface area contributed by atoms with Crippen molar-refractivity contribution in [2.75, 3.05) is 19.6 Å². The molecular weight excluding hydrogens is 244 g/mol. The summed E-state index contributed by atoms with van der Waals surface area (Å²) in [6.07, 6.45) is 2.11. The van der Waals surface area contributed by atoms with Gasteiger partial charge in [-0.2, -0.15) is 0 Å². The molecule has 0 rings (SSSR count). The lowest BCUT2D eigenvalue weighted by molar-refractivity contribution is -0.110. The quantitative estimate of drug-likeness (QED) is 0.480. The minimum Gasteiger partial charge on any atom is -0.474 e. The van der Waals surface area contributed by atoms with Crippen molar-refractivity contribution in [2.45, 2.75) is 32.8 Å². The van der Waals surface area contributed by atoms with E-state index >= 15 is 0 Å². The molecule has 0 fully saturated rings. The molecular formula is C14H24N2O3. The zero-order valence-corrected chi connectivity index (χ0v) is 12.1. The topological polar surface area (TPSA) is 58.6 Å². The van der Waals surface area contributed by atoms with Crippen molar-refractivity contribution in [1.82, 2.24) is 10.2 Å². The minimum absolute atomic E-state index is 0.178. The normalized spacial score (nSPS) is 10.5. The van der Waals surface area contributed by atoms with Crippen LogP contribution in [0.25, 0.3) is 0 Å². The summed E-state index contributed by atoms with van der Waals surface area (Å²) in [7, 11) is 0. The summed E-state index contributed by atoms with van der Waals surface area (Å²) in [4.78, 5) is 22.6. The highest BCUT2D eigenvalue weighted by atomic mass is 16.5. The average molecular weight is 268 g/mol. The second kappa shape index (κ2) is 8.34. The fourth-order valence-corrected chi connectivity index (χ4v) is 1.42. The van der Waals surface area contributed by atoms with Gasteiger partial charge in [0.2, 0.25) is 0 Å². The molecule has 108 valence electrons. The Bertz CT molecular complexity index is 322. The zero-order chi connectivity index (χ0) is 14.9. The zero-order valence-electron chi connectivity index (χ0n) is 12.1. The second-order valence-corrected chi connectivity index (χ2v) is 5.12. The van der Waals surface area contributed by atoms with Crippen LogP contribution in [0.4, 0.5) is 0 Å². The van der Waals surface area contributed by atoms with E-state index in [4.69, 9.17) is 4.74 Å². The highest BCUT2D eigenvalue weighted by Gasteiger charge is 2.12. The van der Waals surface area contributed by atoms with E-state index in [0.29, 0.717) is 18.8 Å². The van der Waals surface area contributed by atoms with E-state index in [0.717, 1.165) is 18.3 Å². The van der Waals surface area contributed by atoms with Crippen molar-refractivity contribution in [1.29, 1.82) is 0 Å². The monoisotopic (exact) mass is 268 g/mol. The van der Waals surface area contributed by atoms with Crippen LogP contribution in [-0.2, 0) is 14.3 Å². The first-order valence-corrected chi connectivity index (χ1v) is 6.22. The molecule has 0 aliphatic heterocycles. The largest absolute Gasteiger partial charge is 0.474 e. The second-order valence-electron chi connectivity index (χ2n) is 5.12. The Morgan fingerprint density at radius 2 is 1.74 bits per heavy atom. The predicted molar refractivity (Wildman–Crippen MR) is 75.4 cm³/mol. The van der Waals surface area contributed by atoms with E-state index in [9.17, 15) is 9.59 Å². The third-order valence-electron chi connectivity index (χ3n) is 2.20. The highest BCUT2D eigenvalue weighted by molar-refractivity contribution is 5.57. The van der Waals surface area contributed by atoms with Crippen LogP contribution in [-0.4, -0.2) is 42.7 Å². The molecule has 1 N–H and O–H groups in total.